The second-order valence-corrected chi connectivity index (χ2v) is 4.20. The van der Waals surface area contributed by atoms with E-state index in [0.29, 0.717) is 0 Å². The second-order valence-electron chi connectivity index (χ2n) is 4.20. The molecule has 0 spiro atoms. The van der Waals surface area contributed by atoms with Gasteiger partial charge in [0.15, 0.2) is 0 Å². The third kappa shape index (κ3) is 2.38. The van der Waals surface area contributed by atoms with E-state index in [0.717, 1.165) is 18.8 Å². The molecule has 4 nitrogen and oxygen atoms in total. The van der Waals surface area contributed by atoms with E-state index in [1.54, 1.807) is 12.5 Å². The fourth-order valence-corrected chi connectivity index (χ4v) is 1.97. The number of aromatic nitrogens is 3. The summed E-state index contributed by atoms with van der Waals surface area (Å²) in [5.74, 6) is 0. The molecule has 0 aliphatic carbocycles. The number of fused-ring (bicyclic) bond motifs is 1. The van der Waals surface area contributed by atoms with Crippen LogP contribution in [0.4, 0.5) is 0 Å². The third-order valence-corrected chi connectivity index (χ3v) is 2.90. The lowest BCUT2D eigenvalue weighted by Gasteiger charge is -2.04. The highest BCUT2D eigenvalue weighted by molar-refractivity contribution is 5.79. The summed E-state index contributed by atoms with van der Waals surface area (Å²) in [5, 5.41) is 4.62. The minimum absolute atomic E-state index is 0.758. The smallest absolute Gasteiger partial charge is 0.115 e. The van der Waals surface area contributed by atoms with E-state index < -0.39 is 0 Å². The highest BCUT2D eigenvalue weighted by Crippen LogP contribution is 2.14. The Balaban J connectivity index is 1.62. The number of nitrogens with one attached hydrogen (secondary N) is 2. The molecule has 3 rings (SSSR count). The zero-order valence-electron chi connectivity index (χ0n) is 9.93. The van der Waals surface area contributed by atoms with Crippen LogP contribution in [-0.4, -0.2) is 15.0 Å². The van der Waals surface area contributed by atoms with Gasteiger partial charge in [0.2, 0.25) is 0 Å². The number of benzene rings is 1. The van der Waals surface area contributed by atoms with Crippen molar-refractivity contribution in [2.45, 2.75) is 13.1 Å². The highest BCUT2D eigenvalue weighted by Gasteiger charge is 1.98. The zero-order valence-corrected chi connectivity index (χ0v) is 9.93. The summed E-state index contributed by atoms with van der Waals surface area (Å²) in [6.07, 6.45) is 5.29. The van der Waals surface area contributed by atoms with Gasteiger partial charge in [-0.1, -0.05) is 6.07 Å². The Kier molecular flexibility index (Phi) is 3.02. The molecule has 4 heteroatoms. The minimum Gasteiger partial charge on any atom is -0.361 e. The van der Waals surface area contributed by atoms with Gasteiger partial charge in [-0.3, -0.25) is 0 Å². The fraction of sp³-hybridized carbons (Fsp3) is 0.143. The average Bonchev–Trinajstić information content (AvgIpc) is 2.87. The standard InChI is InChI=1S/C14H14N4/c1-2-14-12(3-6-17-14)7-11(1)8-16-9-13-4-5-15-10-18-13/h1-7,10,16-17H,8-9H2. The first-order valence-electron chi connectivity index (χ1n) is 5.93. The van der Waals surface area contributed by atoms with E-state index in [-0.39, 0.29) is 0 Å². The monoisotopic (exact) mass is 238 g/mol. The molecule has 0 fully saturated rings. The molecule has 0 saturated carbocycles. The van der Waals surface area contributed by atoms with Gasteiger partial charge in [0.1, 0.15) is 6.33 Å². The highest BCUT2D eigenvalue weighted by atomic mass is 14.9. The lowest BCUT2D eigenvalue weighted by Crippen LogP contribution is -2.13. The van der Waals surface area contributed by atoms with E-state index >= 15 is 0 Å². The first-order valence-corrected chi connectivity index (χ1v) is 5.93. The van der Waals surface area contributed by atoms with Gasteiger partial charge >= 0.3 is 0 Å². The molecular weight excluding hydrogens is 224 g/mol. The van der Waals surface area contributed by atoms with Gasteiger partial charge in [0, 0.05) is 31.0 Å². The van der Waals surface area contributed by atoms with Crippen molar-refractivity contribution in [2.75, 3.05) is 0 Å². The summed E-state index contributed by atoms with van der Waals surface area (Å²) in [7, 11) is 0. The quantitative estimate of drug-likeness (QED) is 0.733. The Morgan fingerprint density at radius 3 is 3.00 bits per heavy atom. The SMILES string of the molecule is c1cc(CNCc2ccc3[nH]ccc3c2)ncn1. The Morgan fingerprint density at radius 1 is 1.11 bits per heavy atom. The van der Waals surface area contributed by atoms with Crippen LogP contribution in [-0.2, 0) is 13.1 Å². The summed E-state index contributed by atoms with van der Waals surface area (Å²) in [5.41, 5.74) is 3.46. The van der Waals surface area contributed by atoms with Crippen LogP contribution in [0.5, 0.6) is 0 Å². The maximum absolute atomic E-state index is 4.17. The molecular formula is C14H14N4. The van der Waals surface area contributed by atoms with Gasteiger partial charge in [-0.2, -0.15) is 0 Å². The van der Waals surface area contributed by atoms with E-state index in [1.807, 2.05) is 12.3 Å². The molecule has 2 N–H and O–H groups in total. The van der Waals surface area contributed by atoms with Crippen molar-refractivity contribution in [3.05, 3.63) is 60.3 Å². The fourth-order valence-electron chi connectivity index (χ4n) is 1.97. The van der Waals surface area contributed by atoms with Crippen LogP contribution >= 0.6 is 0 Å². The largest absolute Gasteiger partial charge is 0.361 e. The van der Waals surface area contributed by atoms with Gasteiger partial charge in [-0.25, -0.2) is 9.97 Å². The Bertz CT molecular complexity index is 630. The van der Waals surface area contributed by atoms with Crippen molar-refractivity contribution in [2.24, 2.45) is 0 Å². The van der Waals surface area contributed by atoms with Crippen molar-refractivity contribution >= 4 is 10.9 Å². The Morgan fingerprint density at radius 2 is 2.11 bits per heavy atom. The Labute approximate surface area is 105 Å². The van der Waals surface area contributed by atoms with Gasteiger partial charge in [-0.05, 0) is 35.2 Å². The number of hydrogen-bond acceptors (Lipinski definition) is 3. The van der Waals surface area contributed by atoms with Gasteiger partial charge in [0.05, 0.1) is 5.69 Å². The van der Waals surface area contributed by atoms with Crippen LogP contribution in [0.1, 0.15) is 11.3 Å². The Hall–Kier alpha value is -2.20. The number of H-pyrrole nitrogens is 1. The van der Waals surface area contributed by atoms with Crippen LogP contribution < -0.4 is 5.32 Å². The van der Waals surface area contributed by atoms with Crippen LogP contribution in [0.15, 0.2) is 49.1 Å². The molecule has 0 atom stereocenters. The molecule has 0 aliphatic heterocycles. The summed E-state index contributed by atoms with van der Waals surface area (Å²) < 4.78 is 0. The predicted octanol–water partition coefficient (Wildman–Crippen LogP) is 2.25. The maximum atomic E-state index is 4.17. The van der Waals surface area contributed by atoms with Crippen molar-refractivity contribution < 1.29 is 0 Å². The molecule has 0 bridgehead atoms. The average molecular weight is 238 g/mol. The normalized spacial score (nSPS) is 10.9. The van der Waals surface area contributed by atoms with Crippen molar-refractivity contribution in [3.8, 4) is 0 Å². The summed E-state index contributed by atoms with van der Waals surface area (Å²) >= 11 is 0. The predicted molar refractivity (Wildman–Crippen MR) is 70.9 cm³/mol. The summed E-state index contributed by atoms with van der Waals surface area (Å²) in [6, 6.07) is 10.4. The molecule has 0 aliphatic rings. The molecule has 2 heterocycles. The van der Waals surface area contributed by atoms with E-state index in [4.69, 9.17) is 0 Å². The number of rotatable bonds is 4. The van der Waals surface area contributed by atoms with Crippen molar-refractivity contribution in [3.63, 3.8) is 0 Å². The molecule has 0 radical (unpaired) electrons. The molecule has 90 valence electrons. The van der Waals surface area contributed by atoms with E-state index in [1.165, 1.54) is 16.5 Å². The number of aromatic amines is 1. The molecule has 3 aromatic rings. The van der Waals surface area contributed by atoms with E-state index in [9.17, 15) is 0 Å². The van der Waals surface area contributed by atoms with Crippen LogP contribution in [0.2, 0.25) is 0 Å². The van der Waals surface area contributed by atoms with Crippen LogP contribution in [0, 0.1) is 0 Å². The lowest BCUT2D eigenvalue weighted by molar-refractivity contribution is 0.678. The lowest BCUT2D eigenvalue weighted by atomic mass is 10.1. The van der Waals surface area contributed by atoms with Crippen LogP contribution in [0.25, 0.3) is 10.9 Å². The molecule has 2 aromatic heterocycles. The molecule has 18 heavy (non-hydrogen) atoms. The summed E-state index contributed by atoms with van der Waals surface area (Å²) in [6.45, 7) is 1.60. The first-order chi connectivity index (χ1) is 8.92. The second kappa shape index (κ2) is 4.98. The number of hydrogen-bond donors (Lipinski definition) is 2. The maximum Gasteiger partial charge on any atom is 0.115 e. The van der Waals surface area contributed by atoms with Gasteiger partial charge in [0.25, 0.3) is 0 Å². The van der Waals surface area contributed by atoms with E-state index in [2.05, 4.69) is 44.5 Å². The molecule has 0 unspecified atom stereocenters. The van der Waals surface area contributed by atoms with Crippen molar-refractivity contribution in [1.82, 2.24) is 20.3 Å². The summed E-state index contributed by atoms with van der Waals surface area (Å²) in [4.78, 5) is 11.3. The zero-order chi connectivity index (χ0) is 12.2. The van der Waals surface area contributed by atoms with Crippen molar-refractivity contribution in [1.29, 1.82) is 0 Å². The molecule has 0 amide bonds. The van der Waals surface area contributed by atoms with Gasteiger partial charge in [-0.15, -0.1) is 0 Å². The molecule has 1 aromatic carbocycles. The topological polar surface area (TPSA) is 53.6 Å². The van der Waals surface area contributed by atoms with Gasteiger partial charge < -0.3 is 10.3 Å². The number of nitrogens with zero attached hydrogens (tertiary/aromatic N) is 2. The minimum atomic E-state index is 0.758. The van der Waals surface area contributed by atoms with Crippen LogP contribution in [0.3, 0.4) is 0 Å². The third-order valence-electron chi connectivity index (χ3n) is 2.90. The first kappa shape index (κ1) is 10.9. The molecule has 0 saturated heterocycles.